The van der Waals surface area contributed by atoms with Gasteiger partial charge in [-0.25, -0.2) is 0 Å². The molecule has 1 atom stereocenters. The third-order valence-electron chi connectivity index (χ3n) is 4.77. The minimum absolute atomic E-state index is 0.150. The van der Waals surface area contributed by atoms with Crippen molar-refractivity contribution in [1.29, 1.82) is 0 Å². The van der Waals surface area contributed by atoms with Crippen LogP contribution in [0.5, 0.6) is 0 Å². The molecule has 0 aromatic rings. The molecule has 0 spiro atoms. The summed E-state index contributed by atoms with van der Waals surface area (Å²) in [6.45, 7) is 12.7. The first-order valence-electron chi connectivity index (χ1n) is 9.14. The zero-order chi connectivity index (χ0) is 17.5. The number of ether oxygens (including phenoxy) is 1. The first-order valence-corrected chi connectivity index (χ1v) is 9.14. The summed E-state index contributed by atoms with van der Waals surface area (Å²) in [4.78, 5) is 21.1. The van der Waals surface area contributed by atoms with Crippen LogP contribution in [0.2, 0.25) is 0 Å². The van der Waals surface area contributed by atoms with E-state index in [-0.39, 0.29) is 12.0 Å². The summed E-state index contributed by atoms with van der Waals surface area (Å²) < 4.78 is 5.45. The molecule has 0 aromatic heterocycles. The molecule has 2 fully saturated rings. The monoisotopic (exact) mass is 342 g/mol. The van der Waals surface area contributed by atoms with Gasteiger partial charge in [-0.1, -0.05) is 0 Å². The first kappa shape index (κ1) is 19.6. The van der Waals surface area contributed by atoms with Crippen LogP contribution in [0.1, 0.15) is 13.8 Å². The summed E-state index contributed by atoms with van der Waals surface area (Å²) in [6, 6.07) is 0. The van der Waals surface area contributed by atoms with Gasteiger partial charge in [0.15, 0.2) is 0 Å². The fraction of sp³-hybridized carbons (Fsp3) is 0.941. The van der Waals surface area contributed by atoms with Crippen LogP contribution in [-0.4, -0.2) is 122 Å². The van der Waals surface area contributed by atoms with Crippen molar-refractivity contribution >= 4 is 5.91 Å². The van der Waals surface area contributed by atoms with Gasteiger partial charge in [-0.05, 0) is 20.9 Å². The number of carbonyl (C=O) groups excluding carboxylic acids is 1. The Labute approximate surface area is 146 Å². The highest BCUT2D eigenvalue weighted by molar-refractivity contribution is 5.78. The van der Waals surface area contributed by atoms with E-state index < -0.39 is 6.10 Å². The molecule has 2 heterocycles. The van der Waals surface area contributed by atoms with Gasteiger partial charge < -0.3 is 19.6 Å². The van der Waals surface area contributed by atoms with E-state index in [0.29, 0.717) is 19.7 Å². The Kier molecular flexibility index (Phi) is 7.90. The quantitative estimate of drug-likeness (QED) is 0.651. The molecule has 0 unspecified atom stereocenters. The van der Waals surface area contributed by atoms with Gasteiger partial charge in [0.05, 0.1) is 25.4 Å². The highest BCUT2D eigenvalue weighted by atomic mass is 16.5. The molecule has 24 heavy (non-hydrogen) atoms. The van der Waals surface area contributed by atoms with E-state index in [9.17, 15) is 9.90 Å². The highest BCUT2D eigenvalue weighted by Gasteiger charge is 2.24. The molecule has 2 aliphatic rings. The molecule has 0 radical (unpaired) electrons. The zero-order valence-electron chi connectivity index (χ0n) is 15.5. The molecule has 140 valence electrons. The molecule has 1 N–H and O–H groups in total. The van der Waals surface area contributed by atoms with E-state index in [0.717, 1.165) is 52.4 Å². The molecule has 2 aliphatic heterocycles. The van der Waals surface area contributed by atoms with Crippen molar-refractivity contribution in [2.24, 2.45) is 0 Å². The Bertz CT molecular complexity index is 378. The van der Waals surface area contributed by atoms with Gasteiger partial charge in [-0.3, -0.25) is 14.6 Å². The third-order valence-corrected chi connectivity index (χ3v) is 4.77. The lowest BCUT2D eigenvalue weighted by Gasteiger charge is -2.37. The van der Waals surface area contributed by atoms with Crippen LogP contribution in [0, 0.1) is 0 Å². The van der Waals surface area contributed by atoms with Gasteiger partial charge in [0.25, 0.3) is 0 Å². The van der Waals surface area contributed by atoms with Crippen LogP contribution in [0.4, 0.5) is 0 Å². The average molecular weight is 342 g/mol. The van der Waals surface area contributed by atoms with Crippen LogP contribution in [-0.2, 0) is 9.53 Å². The number of aliphatic hydroxyl groups excluding tert-OH is 1. The first-order chi connectivity index (χ1) is 11.4. The van der Waals surface area contributed by atoms with Gasteiger partial charge in [0, 0.05) is 58.9 Å². The highest BCUT2D eigenvalue weighted by Crippen LogP contribution is 2.06. The smallest absolute Gasteiger partial charge is 0.236 e. The number of β-amino-alcohol motifs (C(OH)–C–C–N with tert-alkyl or cyclic N) is 1. The maximum absolute atomic E-state index is 12.4. The van der Waals surface area contributed by atoms with Gasteiger partial charge in [0.2, 0.25) is 5.91 Å². The standard InChI is InChI=1S/C17H34N4O3/c1-15(2)24-14-16(22)12-19-6-8-20(9-7-19)13-17(23)21-10-4-18(3)5-11-21/h15-16,22H,4-14H2,1-3H3/t16-/m0/s1. The summed E-state index contributed by atoms with van der Waals surface area (Å²) in [7, 11) is 2.10. The largest absolute Gasteiger partial charge is 0.389 e. The van der Waals surface area contributed by atoms with Crippen LogP contribution in [0.25, 0.3) is 0 Å². The normalized spacial score (nSPS) is 23.0. The molecule has 1 amide bonds. The molecule has 0 aliphatic carbocycles. The van der Waals surface area contributed by atoms with Gasteiger partial charge in [-0.2, -0.15) is 0 Å². The van der Waals surface area contributed by atoms with Crippen LogP contribution in [0.3, 0.4) is 0 Å². The second-order valence-electron chi connectivity index (χ2n) is 7.30. The Hall–Kier alpha value is -0.730. The van der Waals surface area contributed by atoms with Gasteiger partial charge in [0.1, 0.15) is 0 Å². The molecule has 2 rings (SSSR count). The van der Waals surface area contributed by atoms with Crippen molar-refractivity contribution in [1.82, 2.24) is 19.6 Å². The molecule has 0 aromatic carbocycles. The fourth-order valence-corrected chi connectivity index (χ4v) is 3.13. The van der Waals surface area contributed by atoms with Crippen molar-refractivity contribution in [3.05, 3.63) is 0 Å². The zero-order valence-corrected chi connectivity index (χ0v) is 15.5. The summed E-state index contributed by atoms with van der Waals surface area (Å²) in [6.07, 6.45) is -0.289. The topological polar surface area (TPSA) is 59.5 Å². The molecular weight excluding hydrogens is 308 g/mol. The minimum atomic E-state index is -0.439. The van der Waals surface area contributed by atoms with E-state index >= 15 is 0 Å². The summed E-state index contributed by atoms with van der Waals surface area (Å²) >= 11 is 0. The number of amides is 1. The molecular formula is C17H34N4O3. The SMILES string of the molecule is CC(C)OC[C@@H](O)CN1CCN(CC(=O)N2CCN(C)CC2)CC1. The number of piperazine rings is 2. The van der Waals surface area contributed by atoms with Crippen molar-refractivity contribution in [3.8, 4) is 0 Å². The van der Waals surface area contributed by atoms with Crippen molar-refractivity contribution in [2.45, 2.75) is 26.1 Å². The molecule has 2 saturated heterocycles. The number of rotatable bonds is 7. The Morgan fingerprint density at radius 3 is 2.17 bits per heavy atom. The Balaban J connectivity index is 1.62. The van der Waals surface area contributed by atoms with Crippen molar-refractivity contribution in [2.75, 3.05) is 79.1 Å². The number of nitrogens with zero attached hydrogens (tertiary/aromatic N) is 4. The predicted molar refractivity (Wildman–Crippen MR) is 94.1 cm³/mol. The van der Waals surface area contributed by atoms with Crippen molar-refractivity contribution in [3.63, 3.8) is 0 Å². The Morgan fingerprint density at radius 2 is 1.58 bits per heavy atom. The predicted octanol–water partition coefficient (Wildman–Crippen LogP) is -0.836. The molecule has 7 nitrogen and oxygen atoms in total. The van der Waals surface area contributed by atoms with E-state index in [2.05, 4.69) is 21.7 Å². The van der Waals surface area contributed by atoms with E-state index in [1.165, 1.54) is 0 Å². The average Bonchev–Trinajstić information content (AvgIpc) is 2.55. The number of hydrogen-bond acceptors (Lipinski definition) is 6. The molecule has 0 bridgehead atoms. The second-order valence-corrected chi connectivity index (χ2v) is 7.30. The van der Waals surface area contributed by atoms with E-state index in [4.69, 9.17) is 4.74 Å². The van der Waals surface area contributed by atoms with Crippen LogP contribution < -0.4 is 0 Å². The number of hydrogen-bond donors (Lipinski definition) is 1. The summed E-state index contributed by atoms with van der Waals surface area (Å²) in [5.74, 6) is 0.252. The van der Waals surface area contributed by atoms with Crippen LogP contribution >= 0.6 is 0 Å². The lowest BCUT2D eigenvalue weighted by molar-refractivity contribution is -0.134. The maximum atomic E-state index is 12.4. The van der Waals surface area contributed by atoms with Gasteiger partial charge >= 0.3 is 0 Å². The van der Waals surface area contributed by atoms with E-state index in [1.807, 2.05) is 18.7 Å². The molecule has 0 saturated carbocycles. The lowest BCUT2D eigenvalue weighted by Crippen LogP contribution is -2.54. The Morgan fingerprint density at radius 1 is 1.00 bits per heavy atom. The summed E-state index contributed by atoms with van der Waals surface area (Å²) in [5, 5.41) is 10.0. The summed E-state index contributed by atoms with van der Waals surface area (Å²) in [5.41, 5.74) is 0. The fourth-order valence-electron chi connectivity index (χ4n) is 3.13. The van der Waals surface area contributed by atoms with Crippen LogP contribution in [0.15, 0.2) is 0 Å². The number of likely N-dealkylation sites (N-methyl/N-ethyl adjacent to an activating group) is 1. The number of aliphatic hydroxyl groups is 1. The van der Waals surface area contributed by atoms with Crippen molar-refractivity contribution < 1.29 is 14.6 Å². The number of carbonyl (C=O) groups is 1. The minimum Gasteiger partial charge on any atom is -0.389 e. The van der Waals surface area contributed by atoms with Gasteiger partial charge in [-0.15, -0.1) is 0 Å². The van der Waals surface area contributed by atoms with E-state index in [1.54, 1.807) is 0 Å². The molecule has 7 heteroatoms. The third kappa shape index (κ3) is 6.64. The maximum Gasteiger partial charge on any atom is 0.236 e. The lowest BCUT2D eigenvalue weighted by atomic mass is 10.2. The second kappa shape index (κ2) is 9.68.